The highest BCUT2D eigenvalue weighted by Gasteiger charge is 2.04. The number of hydrogen-bond acceptors (Lipinski definition) is 3. The maximum atomic E-state index is 12.0. The molecule has 0 aliphatic heterocycles. The van der Waals surface area contributed by atoms with E-state index in [1.165, 1.54) is 0 Å². The summed E-state index contributed by atoms with van der Waals surface area (Å²) in [5, 5.41) is 5.34. The second-order valence-electron chi connectivity index (χ2n) is 6.05. The number of carbonyl (C=O) groups excluding carboxylic acids is 1. The molecule has 3 aromatic rings. The maximum Gasteiger partial charge on any atom is 0.244 e. The highest BCUT2D eigenvalue weighted by atomic mass is 35.5. The van der Waals surface area contributed by atoms with Crippen LogP contribution >= 0.6 is 23.2 Å². The van der Waals surface area contributed by atoms with Crippen molar-refractivity contribution in [3.8, 4) is 5.75 Å². The first-order chi connectivity index (χ1) is 13.6. The quantitative estimate of drug-likeness (QED) is 0.424. The van der Waals surface area contributed by atoms with E-state index in [4.69, 9.17) is 27.9 Å². The molecule has 0 bridgehead atoms. The molecule has 0 spiro atoms. The maximum absolute atomic E-state index is 12.0. The molecule has 0 saturated heterocycles. The number of nitrogens with one attached hydrogen (secondary N) is 1. The lowest BCUT2D eigenvalue weighted by molar-refractivity contribution is -0.120. The van der Waals surface area contributed by atoms with Crippen LogP contribution in [0.2, 0.25) is 10.0 Å². The van der Waals surface area contributed by atoms with Gasteiger partial charge in [-0.05, 0) is 47.5 Å². The fourth-order valence-electron chi connectivity index (χ4n) is 2.51. The first-order valence-corrected chi connectivity index (χ1v) is 9.38. The standard InChI is InChI=1S/C22H18Cl2N2O2/c23-19-10-8-16(9-11-19)13-22(27)26-25-14-18-5-1-2-7-21(18)28-15-17-4-3-6-20(24)12-17/h1-12,14H,13,15H2,(H,26,27)/b25-14-. The topological polar surface area (TPSA) is 50.7 Å². The molecule has 1 amide bonds. The number of ether oxygens (including phenoxy) is 1. The van der Waals surface area contributed by atoms with Gasteiger partial charge in [-0.2, -0.15) is 5.10 Å². The van der Waals surface area contributed by atoms with Crippen LogP contribution in [-0.4, -0.2) is 12.1 Å². The van der Waals surface area contributed by atoms with Crippen LogP contribution in [-0.2, 0) is 17.8 Å². The van der Waals surface area contributed by atoms with E-state index in [1.54, 1.807) is 18.3 Å². The second kappa shape index (κ2) is 9.93. The lowest BCUT2D eigenvalue weighted by Crippen LogP contribution is -2.19. The molecular formula is C22H18Cl2N2O2. The monoisotopic (exact) mass is 412 g/mol. The molecule has 0 fully saturated rings. The summed E-state index contributed by atoms with van der Waals surface area (Å²) in [7, 11) is 0. The Morgan fingerprint density at radius 1 is 0.929 bits per heavy atom. The summed E-state index contributed by atoms with van der Waals surface area (Å²) in [6, 6.07) is 22.1. The highest BCUT2D eigenvalue weighted by Crippen LogP contribution is 2.19. The Morgan fingerprint density at radius 2 is 1.71 bits per heavy atom. The third-order valence-electron chi connectivity index (χ3n) is 3.87. The van der Waals surface area contributed by atoms with Gasteiger partial charge in [0.15, 0.2) is 0 Å². The molecule has 0 radical (unpaired) electrons. The van der Waals surface area contributed by atoms with Gasteiger partial charge in [0, 0.05) is 15.6 Å². The zero-order valence-electron chi connectivity index (χ0n) is 14.9. The molecule has 0 aromatic heterocycles. The molecule has 28 heavy (non-hydrogen) atoms. The average molecular weight is 413 g/mol. The molecule has 4 nitrogen and oxygen atoms in total. The van der Waals surface area contributed by atoms with Crippen molar-refractivity contribution in [1.29, 1.82) is 0 Å². The fourth-order valence-corrected chi connectivity index (χ4v) is 2.85. The van der Waals surface area contributed by atoms with E-state index in [-0.39, 0.29) is 12.3 Å². The van der Waals surface area contributed by atoms with Crippen LogP contribution in [0.1, 0.15) is 16.7 Å². The number of amides is 1. The minimum Gasteiger partial charge on any atom is -0.488 e. The summed E-state index contributed by atoms with van der Waals surface area (Å²) in [4.78, 5) is 12.0. The second-order valence-corrected chi connectivity index (χ2v) is 6.93. The minimum atomic E-state index is -0.212. The van der Waals surface area contributed by atoms with E-state index in [0.717, 1.165) is 16.7 Å². The number of nitrogens with zero attached hydrogens (tertiary/aromatic N) is 1. The molecular weight excluding hydrogens is 395 g/mol. The molecule has 0 saturated carbocycles. The van der Waals surface area contributed by atoms with Gasteiger partial charge >= 0.3 is 0 Å². The van der Waals surface area contributed by atoms with Crippen LogP contribution in [0.3, 0.4) is 0 Å². The summed E-state index contributed by atoms with van der Waals surface area (Å²) in [5.41, 5.74) is 5.12. The normalized spacial score (nSPS) is 10.8. The van der Waals surface area contributed by atoms with Gasteiger partial charge in [-0.3, -0.25) is 4.79 Å². The molecule has 0 aliphatic rings. The van der Waals surface area contributed by atoms with Crippen molar-refractivity contribution in [2.75, 3.05) is 0 Å². The largest absolute Gasteiger partial charge is 0.488 e. The van der Waals surface area contributed by atoms with Crippen LogP contribution in [0.5, 0.6) is 5.75 Å². The zero-order chi connectivity index (χ0) is 19.8. The van der Waals surface area contributed by atoms with Crippen molar-refractivity contribution < 1.29 is 9.53 Å². The van der Waals surface area contributed by atoms with E-state index >= 15 is 0 Å². The molecule has 142 valence electrons. The molecule has 3 rings (SSSR count). The van der Waals surface area contributed by atoms with E-state index in [0.29, 0.717) is 22.4 Å². The Bertz CT molecular complexity index is 972. The summed E-state index contributed by atoms with van der Waals surface area (Å²) in [6.07, 6.45) is 1.79. The number of hydrogen-bond donors (Lipinski definition) is 1. The number of rotatable bonds is 7. The predicted octanol–water partition coefficient (Wildman–Crippen LogP) is 5.27. The van der Waals surface area contributed by atoms with Crippen molar-refractivity contribution >= 4 is 35.3 Å². The number of halogens is 2. The van der Waals surface area contributed by atoms with Gasteiger partial charge in [0.1, 0.15) is 12.4 Å². The van der Waals surface area contributed by atoms with Gasteiger partial charge in [-0.15, -0.1) is 0 Å². The first kappa shape index (κ1) is 19.9. The number of hydrazone groups is 1. The Labute approximate surface area is 173 Å². The molecule has 6 heteroatoms. The van der Waals surface area contributed by atoms with Crippen molar-refractivity contribution in [1.82, 2.24) is 5.43 Å². The van der Waals surface area contributed by atoms with Crippen molar-refractivity contribution in [2.24, 2.45) is 5.10 Å². The van der Waals surface area contributed by atoms with Gasteiger partial charge in [-0.25, -0.2) is 5.43 Å². The van der Waals surface area contributed by atoms with Gasteiger partial charge < -0.3 is 4.74 Å². The van der Waals surface area contributed by atoms with Crippen LogP contribution in [0.25, 0.3) is 0 Å². The van der Waals surface area contributed by atoms with Crippen LogP contribution in [0.4, 0.5) is 0 Å². The van der Waals surface area contributed by atoms with Crippen molar-refractivity contribution in [2.45, 2.75) is 13.0 Å². The van der Waals surface area contributed by atoms with Crippen molar-refractivity contribution in [3.63, 3.8) is 0 Å². The minimum absolute atomic E-state index is 0.212. The summed E-state index contributed by atoms with van der Waals surface area (Å²) < 4.78 is 5.87. The van der Waals surface area contributed by atoms with E-state index in [1.807, 2.05) is 60.7 Å². The van der Waals surface area contributed by atoms with Crippen LogP contribution < -0.4 is 10.2 Å². The molecule has 3 aromatic carbocycles. The van der Waals surface area contributed by atoms with Crippen molar-refractivity contribution in [3.05, 3.63) is 99.5 Å². The molecule has 0 aliphatic carbocycles. The Morgan fingerprint density at radius 3 is 2.50 bits per heavy atom. The van der Waals surface area contributed by atoms with Crippen LogP contribution in [0.15, 0.2) is 77.9 Å². The summed E-state index contributed by atoms with van der Waals surface area (Å²) in [5.74, 6) is 0.453. The first-order valence-electron chi connectivity index (χ1n) is 8.63. The summed E-state index contributed by atoms with van der Waals surface area (Å²) in [6.45, 7) is 0.383. The number of para-hydroxylation sites is 1. The molecule has 0 heterocycles. The third-order valence-corrected chi connectivity index (χ3v) is 4.36. The van der Waals surface area contributed by atoms with Gasteiger partial charge in [0.2, 0.25) is 5.91 Å². The van der Waals surface area contributed by atoms with Gasteiger partial charge in [0.05, 0.1) is 12.6 Å². The smallest absolute Gasteiger partial charge is 0.244 e. The molecule has 0 unspecified atom stereocenters. The Kier molecular flexibility index (Phi) is 7.06. The fraction of sp³-hybridized carbons (Fsp3) is 0.0909. The van der Waals surface area contributed by atoms with E-state index < -0.39 is 0 Å². The third kappa shape index (κ3) is 6.12. The highest BCUT2D eigenvalue weighted by molar-refractivity contribution is 6.30. The molecule has 0 atom stereocenters. The Balaban J connectivity index is 1.57. The lowest BCUT2D eigenvalue weighted by Gasteiger charge is -2.09. The lowest BCUT2D eigenvalue weighted by atomic mass is 10.1. The Hall–Kier alpha value is -2.82. The SMILES string of the molecule is O=C(Cc1ccc(Cl)cc1)N/N=C\c1ccccc1OCc1cccc(Cl)c1. The van der Waals surface area contributed by atoms with Crippen LogP contribution in [0, 0.1) is 0 Å². The predicted molar refractivity (Wildman–Crippen MR) is 113 cm³/mol. The zero-order valence-corrected chi connectivity index (χ0v) is 16.5. The summed E-state index contributed by atoms with van der Waals surface area (Å²) >= 11 is 11.8. The van der Waals surface area contributed by atoms with E-state index in [2.05, 4.69) is 10.5 Å². The average Bonchev–Trinajstić information content (AvgIpc) is 2.69. The molecule has 1 N–H and O–H groups in total. The number of carbonyl (C=O) groups is 1. The number of benzene rings is 3. The van der Waals surface area contributed by atoms with Gasteiger partial charge in [0.25, 0.3) is 0 Å². The van der Waals surface area contributed by atoms with Gasteiger partial charge in [-0.1, -0.05) is 59.6 Å². The van der Waals surface area contributed by atoms with E-state index in [9.17, 15) is 4.79 Å².